The number of rotatable bonds is 8. The van der Waals surface area contributed by atoms with Crippen LogP contribution in [-0.2, 0) is 9.53 Å². The standard InChI is InChI=1S/C28H21BrClN3O6/c1-3-37-23(34)15-38-26-21(36-2)13-17(24(29)25(26)30)14-31-33-27(22-12-16-8-4-7-11-20(16)39-22)32-19-10-6-5-9-18(19)28(33)35/h4-14H,3,15H2,1-2H3. The number of furan rings is 1. The zero-order valence-electron chi connectivity index (χ0n) is 20.8. The Kier molecular flexibility index (Phi) is 7.67. The van der Waals surface area contributed by atoms with Crippen molar-refractivity contribution in [2.45, 2.75) is 6.92 Å². The molecule has 198 valence electrons. The van der Waals surface area contributed by atoms with Gasteiger partial charge < -0.3 is 18.6 Å². The number of halogens is 2. The van der Waals surface area contributed by atoms with Crippen LogP contribution in [0.3, 0.4) is 0 Å². The molecule has 0 unspecified atom stereocenters. The van der Waals surface area contributed by atoms with Gasteiger partial charge in [-0.1, -0.05) is 41.9 Å². The zero-order chi connectivity index (χ0) is 27.5. The van der Waals surface area contributed by atoms with Crippen molar-refractivity contribution in [1.82, 2.24) is 9.66 Å². The quantitative estimate of drug-likeness (QED) is 0.155. The Labute approximate surface area is 235 Å². The van der Waals surface area contributed by atoms with Gasteiger partial charge in [0.05, 0.1) is 30.8 Å². The highest BCUT2D eigenvalue weighted by atomic mass is 79.9. The normalized spacial score (nSPS) is 11.4. The fourth-order valence-electron chi connectivity index (χ4n) is 3.92. The molecule has 0 aliphatic heterocycles. The van der Waals surface area contributed by atoms with E-state index in [4.69, 9.17) is 30.2 Å². The van der Waals surface area contributed by atoms with E-state index in [0.717, 1.165) is 5.39 Å². The minimum absolute atomic E-state index is 0.154. The number of fused-ring (bicyclic) bond motifs is 2. The summed E-state index contributed by atoms with van der Waals surface area (Å²) in [5, 5.41) is 5.89. The van der Waals surface area contributed by atoms with Gasteiger partial charge in [0.1, 0.15) is 10.6 Å². The van der Waals surface area contributed by atoms with Crippen molar-refractivity contribution in [2.24, 2.45) is 5.10 Å². The first-order valence-electron chi connectivity index (χ1n) is 11.8. The Morgan fingerprint density at radius 3 is 2.72 bits per heavy atom. The van der Waals surface area contributed by atoms with Crippen molar-refractivity contribution in [3.05, 3.63) is 86.1 Å². The molecule has 0 saturated carbocycles. The molecule has 2 aromatic heterocycles. The lowest BCUT2D eigenvalue weighted by Crippen LogP contribution is -2.20. The number of carbonyl (C=O) groups excluding carboxylic acids is 1. The van der Waals surface area contributed by atoms with E-state index in [1.807, 2.05) is 36.4 Å². The number of para-hydroxylation sites is 2. The summed E-state index contributed by atoms with van der Waals surface area (Å²) in [6.07, 6.45) is 1.44. The molecule has 5 aromatic rings. The molecule has 0 N–H and O–H groups in total. The average molecular weight is 611 g/mol. The average Bonchev–Trinajstić information content (AvgIpc) is 3.38. The summed E-state index contributed by atoms with van der Waals surface area (Å²) in [7, 11) is 1.44. The van der Waals surface area contributed by atoms with Gasteiger partial charge in [-0.05, 0) is 53.2 Å². The number of ether oxygens (including phenoxy) is 3. The molecule has 0 radical (unpaired) electrons. The molecular weight excluding hydrogens is 590 g/mol. The topological polar surface area (TPSA) is 105 Å². The maximum absolute atomic E-state index is 13.5. The first-order chi connectivity index (χ1) is 18.9. The van der Waals surface area contributed by atoms with Crippen LogP contribution in [-0.4, -0.2) is 42.2 Å². The Morgan fingerprint density at radius 2 is 1.95 bits per heavy atom. The summed E-state index contributed by atoms with van der Waals surface area (Å²) < 4.78 is 23.5. The molecule has 11 heteroatoms. The molecule has 0 spiro atoms. The summed E-state index contributed by atoms with van der Waals surface area (Å²) in [4.78, 5) is 30.0. The van der Waals surface area contributed by atoms with Crippen LogP contribution in [0, 0.1) is 0 Å². The fourth-order valence-corrected chi connectivity index (χ4v) is 4.57. The predicted octanol–water partition coefficient (Wildman–Crippen LogP) is 6.06. The molecule has 0 atom stereocenters. The fraction of sp³-hybridized carbons (Fsp3) is 0.143. The van der Waals surface area contributed by atoms with E-state index in [9.17, 15) is 9.59 Å². The van der Waals surface area contributed by atoms with Crippen LogP contribution >= 0.6 is 27.5 Å². The van der Waals surface area contributed by atoms with Crippen molar-refractivity contribution >= 4 is 61.6 Å². The van der Waals surface area contributed by atoms with E-state index in [2.05, 4.69) is 26.0 Å². The van der Waals surface area contributed by atoms with E-state index in [-0.39, 0.29) is 41.1 Å². The first kappa shape index (κ1) is 26.5. The van der Waals surface area contributed by atoms with Gasteiger partial charge in [0.25, 0.3) is 5.56 Å². The van der Waals surface area contributed by atoms with Crippen LogP contribution in [0.1, 0.15) is 12.5 Å². The first-order valence-corrected chi connectivity index (χ1v) is 13.0. The van der Waals surface area contributed by atoms with Gasteiger partial charge in [-0.2, -0.15) is 9.78 Å². The molecule has 5 rings (SSSR count). The number of benzene rings is 3. The lowest BCUT2D eigenvalue weighted by atomic mass is 10.2. The monoisotopic (exact) mass is 609 g/mol. The largest absolute Gasteiger partial charge is 0.493 e. The van der Waals surface area contributed by atoms with E-state index in [1.54, 1.807) is 31.2 Å². The van der Waals surface area contributed by atoms with Crippen LogP contribution < -0.4 is 15.0 Å². The maximum atomic E-state index is 13.5. The van der Waals surface area contributed by atoms with E-state index < -0.39 is 5.97 Å². The molecule has 0 saturated heterocycles. The lowest BCUT2D eigenvalue weighted by Gasteiger charge is -2.14. The Balaban J connectivity index is 1.60. The van der Waals surface area contributed by atoms with Crippen molar-refractivity contribution in [1.29, 1.82) is 0 Å². The number of carbonyl (C=O) groups is 1. The van der Waals surface area contributed by atoms with Gasteiger partial charge in [0.2, 0.25) is 5.82 Å². The highest BCUT2D eigenvalue weighted by molar-refractivity contribution is 9.10. The van der Waals surface area contributed by atoms with E-state index >= 15 is 0 Å². The molecule has 0 fully saturated rings. The summed E-state index contributed by atoms with van der Waals surface area (Å²) in [6.45, 7) is 1.58. The molecule has 9 nitrogen and oxygen atoms in total. The summed E-state index contributed by atoms with van der Waals surface area (Å²) in [5.74, 6) is 0.487. The highest BCUT2D eigenvalue weighted by Crippen LogP contribution is 2.42. The van der Waals surface area contributed by atoms with Gasteiger partial charge in [0, 0.05) is 15.4 Å². The summed E-state index contributed by atoms with van der Waals surface area (Å²) >= 11 is 10.00. The zero-order valence-corrected chi connectivity index (χ0v) is 23.2. The van der Waals surface area contributed by atoms with Crippen molar-refractivity contribution in [3.8, 4) is 23.1 Å². The van der Waals surface area contributed by atoms with Crippen molar-refractivity contribution in [3.63, 3.8) is 0 Å². The SMILES string of the molecule is CCOC(=O)COc1c(OC)cc(C=Nn2c(-c3cc4ccccc4o3)nc3ccccc3c2=O)c(Br)c1Cl. The summed E-state index contributed by atoms with van der Waals surface area (Å²) in [6, 6.07) is 17.9. The van der Waals surface area contributed by atoms with E-state index in [1.165, 1.54) is 18.0 Å². The Bertz CT molecular complexity index is 1760. The second-order valence-electron chi connectivity index (χ2n) is 8.18. The molecule has 3 aromatic carbocycles. The Morgan fingerprint density at radius 1 is 1.18 bits per heavy atom. The van der Waals surface area contributed by atoms with Crippen LogP contribution in [0.5, 0.6) is 11.5 Å². The number of hydrogen-bond donors (Lipinski definition) is 0. The number of aromatic nitrogens is 2. The third-order valence-electron chi connectivity index (χ3n) is 5.73. The van der Waals surface area contributed by atoms with Gasteiger partial charge in [-0.15, -0.1) is 0 Å². The van der Waals surface area contributed by atoms with Crippen LogP contribution in [0.4, 0.5) is 0 Å². The predicted molar refractivity (Wildman–Crippen MR) is 152 cm³/mol. The summed E-state index contributed by atoms with van der Waals surface area (Å²) in [5.41, 5.74) is 1.27. The third kappa shape index (κ3) is 5.25. The molecule has 0 bridgehead atoms. The molecule has 2 heterocycles. The Hall–Kier alpha value is -4.15. The van der Waals surface area contributed by atoms with Gasteiger partial charge in [-0.25, -0.2) is 9.78 Å². The number of hydrogen-bond acceptors (Lipinski definition) is 8. The highest BCUT2D eigenvalue weighted by Gasteiger charge is 2.20. The van der Waals surface area contributed by atoms with Gasteiger partial charge >= 0.3 is 5.97 Å². The van der Waals surface area contributed by atoms with Gasteiger partial charge in [-0.3, -0.25) is 4.79 Å². The molecule has 0 aliphatic rings. The number of nitrogens with zero attached hydrogens (tertiary/aromatic N) is 3. The lowest BCUT2D eigenvalue weighted by molar-refractivity contribution is -0.145. The second-order valence-corrected chi connectivity index (χ2v) is 9.35. The number of esters is 1. The van der Waals surface area contributed by atoms with E-state index in [0.29, 0.717) is 32.3 Å². The molecular formula is C28H21BrClN3O6. The van der Waals surface area contributed by atoms with Gasteiger partial charge in [0.15, 0.2) is 23.9 Å². The molecule has 0 aliphatic carbocycles. The minimum atomic E-state index is -0.543. The van der Waals surface area contributed by atoms with Crippen molar-refractivity contribution < 1.29 is 23.4 Å². The van der Waals surface area contributed by atoms with Crippen LogP contribution in [0.25, 0.3) is 33.5 Å². The van der Waals surface area contributed by atoms with Crippen LogP contribution in [0.15, 0.2) is 79.4 Å². The molecule has 0 amide bonds. The maximum Gasteiger partial charge on any atom is 0.344 e. The smallest absolute Gasteiger partial charge is 0.344 e. The molecule has 39 heavy (non-hydrogen) atoms. The minimum Gasteiger partial charge on any atom is -0.493 e. The number of methoxy groups -OCH3 is 1. The third-order valence-corrected chi connectivity index (χ3v) is 7.17. The van der Waals surface area contributed by atoms with Crippen LogP contribution in [0.2, 0.25) is 5.02 Å². The second kappa shape index (κ2) is 11.3. The van der Waals surface area contributed by atoms with Crippen molar-refractivity contribution in [2.75, 3.05) is 20.3 Å².